The van der Waals surface area contributed by atoms with Crippen molar-refractivity contribution in [3.05, 3.63) is 47.1 Å². The third-order valence-electron chi connectivity index (χ3n) is 6.00. The van der Waals surface area contributed by atoms with Crippen LogP contribution in [0, 0.1) is 5.92 Å². The Morgan fingerprint density at radius 3 is 2.59 bits per heavy atom. The van der Waals surface area contributed by atoms with Gasteiger partial charge in [0.25, 0.3) is 5.91 Å². The van der Waals surface area contributed by atoms with Crippen LogP contribution in [0.4, 0.5) is 0 Å². The van der Waals surface area contributed by atoms with E-state index in [4.69, 9.17) is 16.3 Å². The van der Waals surface area contributed by atoms with E-state index in [0.29, 0.717) is 29.0 Å². The van der Waals surface area contributed by atoms with E-state index in [1.54, 1.807) is 6.20 Å². The maximum atomic E-state index is 12.8. The number of pyridine rings is 1. The summed E-state index contributed by atoms with van der Waals surface area (Å²) in [5.74, 6) is 0.906. The van der Waals surface area contributed by atoms with E-state index in [-0.39, 0.29) is 11.9 Å². The molecule has 2 aliphatic rings. The molecule has 2 N–H and O–H groups in total. The number of aromatic nitrogens is 1. The van der Waals surface area contributed by atoms with Crippen LogP contribution in [0.1, 0.15) is 55.3 Å². The molecule has 0 saturated heterocycles. The number of hydrogen-bond acceptors (Lipinski definition) is 4. The molecule has 2 saturated carbocycles. The topological polar surface area (TPSA) is 71.5 Å². The van der Waals surface area contributed by atoms with Gasteiger partial charge < -0.3 is 15.2 Å². The third kappa shape index (κ3) is 4.90. The fourth-order valence-corrected chi connectivity index (χ4v) is 4.04. The van der Waals surface area contributed by atoms with Crippen LogP contribution in [-0.4, -0.2) is 34.8 Å². The van der Waals surface area contributed by atoms with Crippen LogP contribution in [-0.2, 0) is 0 Å². The second-order valence-electron chi connectivity index (χ2n) is 8.12. The first-order chi connectivity index (χ1) is 14.1. The molecule has 1 aromatic heterocycles. The van der Waals surface area contributed by atoms with Crippen LogP contribution in [0.2, 0.25) is 5.02 Å². The van der Waals surface area contributed by atoms with Crippen molar-refractivity contribution in [2.75, 3.05) is 6.61 Å². The quantitative estimate of drug-likeness (QED) is 0.723. The molecule has 2 atom stereocenters. The number of carbonyl (C=O) groups is 1. The predicted molar refractivity (Wildman–Crippen MR) is 113 cm³/mol. The molecule has 1 amide bonds. The minimum atomic E-state index is -0.485. The zero-order valence-electron chi connectivity index (χ0n) is 16.4. The van der Waals surface area contributed by atoms with Crippen molar-refractivity contribution in [2.24, 2.45) is 5.92 Å². The first kappa shape index (κ1) is 20.2. The number of benzene rings is 1. The van der Waals surface area contributed by atoms with Gasteiger partial charge in [-0.05, 0) is 55.4 Å². The van der Waals surface area contributed by atoms with Crippen LogP contribution in [0.3, 0.4) is 0 Å². The van der Waals surface area contributed by atoms with Crippen LogP contribution in [0.25, 0.3) is 11.1 Å². The minimum Gasteiger partial charge on any atom is -0.477 e. The van der Waals surface area contributed by atoms with E-state index in [1.165, 1.54) is 19.3 Å². The first-order valence-corrected chi connectivity index (χ1v) is 10.9. The highest BCUT2D eigenvalue weighted by Crippen LogP contribution is 2.32. The molecular formula is C23H27ClN2O3. The van der Waals surface area contributed by atoms with Crippen molar-refractivity contribution in [3.8, 4) is 17.0 Å². The smallest absolute Gasteiger partial charge is 0.253 e. The van der Waals surface area contributed by atoms with Gasteiger partial charge in [-0.2, -0.15) is 0 Å². The summed E-state index contributed by atoms with van der Waals surface area (Å²) in [7, 11) is 0. The predicted octanol–water partition coefficient (Wildman–Crippen LogP) is 4.61. The largest absolute Gasteiger partial charge is 0.477 e. The molecule has 0 spiro atoms. The number of nitrogens with one attached hydrogen (secondary N) is 1. The van der Waals surface area contributed by atoms with Gasteiger partial charge in [0.05, 0.1) is 24.3 Å². The average molecular weight is 415 g/mol. The van der Waals surface area contributed by atoms with E-state index < -0.39 is 6.10 Å². The van der Waals surface area contributed by atoms with Crippen molar-refractivity contribution >= 4 is 17.5 Å². The second-order valence-corrected chi connectivity index (χ2v) is 8.56. The molecule has 0 radical (unpaired) electrons. The lowest BCUT2D eigenvalue weighted by atomic mass is 9.86. The van der Waals surface area contributed by atoms with Crippen molar-refractivity contribution in [1.29, 1.82) is 0 Å². The Morgan fingerprint density at radius 1 is 1.14 bits per heavy atom. The summed E-state index contributed by atoms with van der Waals surface area (Å²) in [6.07, 6.45) is 8.27. The highest BCUT2D eigenvalue weighted by atomic mass is 35.5. The molecule has 4 rings (SSSR count). The normalized spacial score (nSPS) is 22.0. The minimum absolute atomic E-state index is 0.204. The number of amides is 1. The molecule has 5 nitrogen and oxygen atoms in total. The number of ether oxygens (including phenoxy) is 1. The van der Waals surface area contributed by atoms with E-state index in [0.717, 1.165) is 36.8 Å². The molecule has 154 valence electrons. The number of hydrogen-bond donors (Lipinski definition) is 2. The van der Waals surface area contributed by atoms with Crippen molar-refractivity contribution < 1.29 is 14.6 Å². The molecule has 1 heterocycles. The van der Waals surface area contributed by atoms with Gasteiger partial charge in [0.2, 0.25) is 5.88 Å². The monoisotopic (exact) mass is 414 g/mol. The Bertz CT molecular complexity index is 852. The Morgan fingerprint density at radius 2 is 1.90 bits per heavy atom. The third-order valence-corrected chi connectivity index (χ3v) is 6.25. The molecule has 6 heteroatoms. The summed E-state index contributed by atoms with van der Waals surface area (Å²) < 4.78 is 6.01. The SMILES string of the molecule is O=C(NC1CCCCC1O)c1cnc(OCC2CCC2)c(-c2ccc(Cl)cc2)c1. The van der Waals surface area contributed by atoms with Gasteiger partial charge in [-0.15, -0.1) is 0 Å². The maximum Gasteiger partial charge on any atom is 0.253 e. The standard InChI is InChI=1S/C23H27ClN2O3/c24-18-10-8-16(9-11-18)19-12-17(13-25-23(19)29-14-15-4-3-5-15)22(28)26-20-6-1-2-7-21(20)27/h8-13,15,20-21,27H,1-7,14H2,(H,26,28). The lowest BCUT2D eigenvalue weighted by molar-refractivity contribution is 0.0717. The Balaban J connectivity index is 1.56. The summed E-state index contributed by atoms with van der Waals surface area (Å²) in [6.45, 7) is 0.646. The maximum absolute atomic E-state index is 12.8. The van der Waals surface area contributed by atoms with E-state index in [1.807, 2.05) is 30.3 Å². The molecule has 2 aromatic rings. The molecule has 1 aromatic carbocycles. The molecule has 2 unspecified atom stereocenters. The van der Waals surface area contributed by atoms with E-state index in [2.05, 4.69) is 10.3 Å². The number of halogens is 1. The van der Waals surface area contributed by atoms with Gasteiger partial charge in [-0.3, -0.25) is 4.79 Å². The average Bonchev–Trinajstić information content (AvgIpc) is 2.69. The molecule has 0 bridgehead atoms. The van der Waals surface area contributed by atoms with Crippen molar-refractivity contribution in [2.45, 2.75) is 57.1 Å². The molecule has 0 aliphatic heterocycles. The lowest BCUT2D eigenvalue weighted by Gasteiger charge is -2.28. The lowest BCUT2D eigenvalue weighted by Crippen LogP contribution is -2.45. The number of nitrogens with zero attached hydrogens (tertiary/aromatic N) is 1. The summed E-state index contributed by atoms with van der Waals surface area (Å²) in [5.41, 5.74) is 2.14. The highest BCUT2D eigenvalue weighted by Gasteiger charge is 2.26. The van der Waals surface area contributed by atoms with Gasteiger partial charge in [0.15, 0.2) is 0 Å². The van der Waals surface area contributed by atoms with Crippen LogP contribution in [0.5, 0.6) is 5.88 Å². The van der Waals surface area contributed by atoms with Crippen molar-refractivity contribution in [1.82, 2.24) is 10.3 Å². The molecule has 29 heavy (non-hydrogen) atoms. The van der Waals surface area contributed by atoms with Gasteiger partial charge >= 0.3 is 0 Å². The molecule has 2 aliphatic carbocycles. The number of carbonyl (C=O) groups excluding carboxylic acids is 1. The number of aliphatic hydroxyl groups is 1. The summed E-state index contributed by atoms with van der Waals surface area (Å²) >= 11 is 6.04. The van der Waals surface area contributed by atoms with E-state index in [9.17, 15) is 9.90 Å². The molecular weight excluding hydrogens is 388 g/mol. The number of aliphatic hydroxyl groups excluding tert-OH is 1. The highest BCUT2D eigenvalue weighted by molar-refractivity contribution is 6.30. The van der Waals surface area contributed by atoms with Crippen LogP contribution in [0.15, 0.2) is 36.5 Å². The summed E-state index contributed by atoms with van der Waals surface area (Å²) in [6, 6.07) is 9.06. The summed E-state index contributed by atoms with van der Waals surface area (Å²) in [4.78, 5) is 17.3. The zero-order valence-corrected chi connectivity index (χ0v) is 17.2. The van der Waals surface area contributed by atoms with Gasteiger partial charge in [0, 0.05) is 16.8 Å². The molecule has 2 fully saturated rings. The van der Waals surface area contributed by atoms with Crippen LogP contribution < -0.4 is 10.1 Å². The summed E-state index contributed by atoms with van der Waals surface area (Å²) in [5, 5.41) is 13.8. The number of rotatable bonds is 6. The van der Waals surface area contributed by atoms with E-state index >= 15 is 0 Å². The Labute approximate surface area is 176 Å². The van der Waals surface area contributed by atoms with Crippen LogP contribution >= 0.6 is 11.6 Å². The second kappa shape index (κ2) is 9.14. The van der Waals surface area contributed by atoms with Crippen molar-refractivity contribution in [3.63, 3.8) is 0 Å². The fraction of sp³-hybridized carbons (Fsp3) is 0.478. The zero-order chi connectivity index (χ0) is 20.2. The fourth-order valence-electron chi connectivity index (χ4n) is 3.92. The Hall–Kier alpha value is -2.11. The van der Waals surface area contributed by atoms with Gasteiger partial charge in [-0.1, -0.05) is 43.0 Å². The van der Waals surface area contributed by atoms with Gasteiger partial charge in [-0.25, -0.2) is 4.98 Å². The van der Waals surface area contributed by atoms with Gasteiger partial charge in [0.1, 0.15) is 0 Å². The first-order valence-electron chi connectivity index (χ1n) is 10.5. The Kier molecular flexibility index (Phi) is 6.36.